The van der Waals surface area contributed by atoms with Crippen molar-refractivity contribution in [2.24, 2.45) is 10.2 Å². The van der Waals surface area contributed by atoms with E-state index >= 15 is 0 Å². The van der Waals surface area contributed by atoms with E-state index < -0.39 is 19.7 Å². The maximum absolute atomic E-state index is 12.1. The number of para-hydroxylation sites is 4. The molecule has 2 unspecified atom stereocenters. The molecule has 0 amide bonds. The summed E-state index contributed by atoms with van der Waals surface area (Å²) in [4.78, 5) is 0. The van der Waals surface area contributed by atoms with Gasteiger partial charge in [0.2, 0.25) is 0 Å². The Labute approximate surface area is 382 Å². The first-order valence-electron chi connectivity index (χ1n) is 22.8. The van der Waals surface area contributed by atoms with Gasteiger partial charge in [-0.1, -0.05) is 105 Å². The van der Waals surface area contributed by atoms with Crippen molar-refractivity contribution in [3.05, 3.63) is 157 Å². The van der Waals surface area contributed by atoms with Gasteiger partial charge in [-0.15, -0.1) is 0 Å². The molecule has 0 saturated carbocycles. The lowest BCUT2D eigenvalue weighted by Crippen LogP contribution is -2.31. The summed E-state index contributed by atoms with van der Waals surface area (Å²) in [6, 6.07) is 49.3. The molecule has 0 spiro atoms. The molecule has 8 aromatic rings. The fourth-order valence-electron chi connectivity index (χ4n) is 9.50. The van der Waals surface area contributed by atoms with E-state index in [2.05, 4.69) is 108 Å². The van der Waals surface area contributed by atoms with Crippen LogP contribution in [0, 0.1) is 0 Å². The maximum atomic E-state index is 12.1. The number of hydrazone groups is 2. The smallest absolute Gasteiger partial charge is 0.152 e. The lowest BCUT2D eigenvalue weighted by molar-refractivity contribution is 0.598. The van der Waals surface area contributed by atoms with Crippen molar-refractivity contribution >= 4 is 87.1 Å². The minimum Gasteiger partial charge on any atom is -0.341 e. The summed E-state index contributed by atoms with van der Waals surface area (Å²) in [6.45, 7) is 6.32. The average Bonchev–Trinajstić information content (AvgIpc) is 4.06. The number of anilines is 2. The molecule has 0 radical (unpaired) electrons. The summed E-state index contributed by atoms with van der Waals surface area (Å²) in [7, 11) is -6.01. The number of hydrogen-bond donors (Lipinski definition) is 0. The molecule has 2 fully saturated rings. The molecule has 0 aliphatic carbocycles. The fraction of sp³-hybridized carbons (Fsp3) is 0.283. The van der Waals surface area contributed by atoms with E-state index in [0.717, 1.165) is 35.6 Å². The Hall–Kier alpha value is -6.24. The lowest BCUT2D eigenvalue weighted by Gasteiger charge is -2.25. The number of fused-ring (bicyclic) bond motifs is 6. The number of aromatic nitrogens is 2. The third-order valence-electron chi connectivity index (χ3n) is 12.7. The number of hydrogen-bond acceptors (Lipinski definition) is 8. The molecule has 6 aromatic carbocycles. The molecule has 2 saturated heterocycles. The molecular formula is C53H56N6O4S2. The van der Waals surface area contributed by atoms with Gasteiger partial charge in [0.15, 0.2) is 19.7 Å². The number of sulfone groups is 2. The largest absolute Gasteiger partial charge is 0.341 e. The highest BCUT2D eigenvalue weighted by molar-refractivity contribution is 7.92. The first-order valence-corrected chi connectivity index (χ1v) is 26.4. The van der Waals surface area contributed by atoms with Crippen LogP contribution < -0.4 is 10.0 Å². The summed E-state index contributed by atoms with van der Waals surface area (Å²) < 4.78 is 53.2. The molecule has 2 aliphatic heterocycles. The number of unbranched alkanes of at least 4 members (excludes halogenated alkanes) is 2. The molecule has 2 atom stereocenters. The Balaban J connectivity index is 0.000000165. The van der Waals surface area contributed by atoms with Gasteiger partial charge in [0, 0.05) is 56.7 Å². The summed E-state index contributed by atoms with van der Waals surface area (Å²) in [5, 5.41) is 18.2. The van der Waals surface area contributed by atoms with E-state index in [1.54, 1.807) is 0 Å². The third kappa shape index (κ3) is 9.60. The monoisotopic (exact) mass is 904 g/mol. The van der Waals surface area contributed by atoms with Crippen molar-refractivity contribution in [1.29, 1.82) is 0 Å². The predicted molar refractivity (Wildman–Crippen MR) is 271 cm³/mol. The van der Waals surface area contributed by atoms with Gasteiger partial charge < -0.3 is 9.13 Å². The Kier molecular flexibility index (Phi) is 12.9. The highest BCUT2D eigenvalue weighted by Crippen LogP contribution is 2.32. The van der Waals surface area contributed by atoms with Crippen LogP contribution in [0.3, 0.4) is 0 Å². The minimum atomic E-state index is -3.01. The Morgan fingerprint density at radius 2 is 0.954 bits per heavy atom. The van der Waals surface area contributed by atoms with E-state index in [4.69, 9.17) is 10.2 Å². The molecule has 65 heavy (non-hydrogen) atoms. The summed E-state index contributed by atoms with van der Waals surface area (Å²) >= 11 is 0. The molecule has 4 heterocycles. The Bertz CT molecular complexity index is 3240. The van der Waals surface area contributed by atoms with Crippen LogP contribution in [-0.4, -0.2) is 73.5 Å². The maximum Gasteiger partial charge on any atom is 0.152 e. The van der Waals surface area contributed by atoms with Crippen LogP contribution in [0.2, 0.25) is 0 Å². The lowest BCUT2D eigenvalue weighted by atomic mass is 10.1. The van der Waals surface area contributed by atoms with E-state index in [-0.39, 0.29) is 35.1 Å². The van der Waals surface area contributed by atoms with Gasteiger partial charge in [0.05, 0.1) is 58.9 Å². The van der Waals surface area contributed by atoms with Crippen LogP contribution in [0.15, 0.2) is 156 Å². The SMILES string of the molecule is CCCCCn1c2ccccc2c2cc(/C=N\N(c3ccccc3)C3CCS(=O)(=O)C3)ccc21.CCn1c2ccccc2c2cc(/C=N\N(c3ccccc3)C3CCS(=O)(=O)C3)ccc21. The van der Waals surface area contributed by atoms with Crippen molar-refractivity contribution in [2.75, 3.05) is 33.0 Å². The van der Waals surface area contributed by atoms with Crippen molar-refractivity contribution in [3.8, 4) is 0 Å². The number of nitrogens with zero attached hydrogens (tertiary/aromatic N) is 6. The van der Waals surface area contributed by atoms with Gasteiger partial charge in [-0.25, -0.2) is 16.8 Å². The molecule has 2 aliphatic rings. The van der Waals surface area contributed by atoms with Crippen molar-refractivity contribution in [2.45, 2.75) is 71.1 Å². The second-order valence-electron chi connectivity index (χ2n) is 17.2. The number of aryl methyl sites for hydroxylation is 2. The van der Waals surface area contributed by atoms with Gasteiger partial charge in [0.25, 0.3) is 0 Å². The van der Waals surface area contributed by atoms with Gasteiger partial charge in [-0.05, 0) is 98.0 Å². The zero-order valence-electron chi connectivity index (χ0n) is 37.1. The van der Waals surface area contributed by atoms with Crippen LogP contribution in [0.5, 0.6) is 0 Å². The van der Waals surface area contributed by atoms with Crippen LogP contribution in [0.25, 0.3) is 43.6 Å². The van der Waals surface area contributed by atoms with Crippen molar-refractivity contribution in [1.82, 2.24) is 9.13 Å². The van der Waals surface area contributed by atoms with Crippen LogP contribution in [0.4, 0.5) is 11.4 Å². The highest BCUT2D eigenvalue weighted by atomic mass is 32.2. The molecule has 0 bridgehead atoms. The van der Waals surface area contributed by atoms with Crippen molar-refractivity contribution in [3.63, 3.8) is 0 Å². The average molecular weight is 905 g/mol. The molecule has 12 heteroatoms. The standard InChI is InChI=1S/C28H31N3O2S.C25H25N3O2S/c1-2-3-9-17-30-27-13-8-7-12-25(27)26-19-22(14-15-28(26)30)20-29-31(23-10-5-4-6-11-23)24-16-18-34(32,33)21-24;1-2-27-24-11-7-6-10-22(24)23-16-19(12-13-25(23)27)17-26-28(20-8-4-3-5-9-20)21-14-15-31(29,30)18-21/h4-8,10-15,19-20,24H,2-3,9,16-18,21H2,1H3;3-13,16-17,21H,2,14-15,18H2,1H3/b29-20-;26-17-. The normalized spacial score (nSPS) is 18.0. The fourth-order valence-corrected chi connectivity index (χ4v) is 12.9. The van der Waals surface area contributed by atoms with Crippen molar-refractivity contribution < 1.29 is 16.8 Å². The molecular weight excluding hydrogens is 849 g/mol. The van der Waals surface area contributed by atoms with E-state index in [1.807, 2.05) is 83.1 Å². The van der Waals surface area contributed by atoms with Gasteiger partial charge >= 0.3 is 0 Å². The molecule has 0 N–H and O–H groups in total. The summed E-state index contributed by atoms with van der Waals surface area (Å²) in [5.41, 5.74) is 8.78. The molecule has 10 rings (SSSR count). The summed E-state index contributed by atoms with van der Waals surface area (Å²) in [5.74, 6) is 0.727. The topological polar surface area (TPSA) is 109 Å². The third-order valence-corrected chi connectivity index (χ3v) is 16.2. The molecule has 10 nitrogen and oxygen atoms in total. The zero-order chi connectivity index (χ0) is 45.0. The minimum absolute atomic E-state index is 0.141. The van der Waals surface area contributed by atoms with Crippen LogP contribution in [0.1, 0.15) is 57.1 Å². The van der Waals surface area contributed by atoms with Crippen LogP contribution >= 0.6 is 0 Å². The Morgan fingerprint density at radius 1 is 0.523 bits per heavy atom. The first kappa shape index (κ1) is 44.0. The van der Waals surface area contributed by atoms with Crippen LogP contribution in [-0.2, 0) is 32.8 Å². The Morgan fingerprint density at radius 3 is 1.40 bits per heavy atom. The molecule has 334 valence electrons. The van der Waals surface area contributed by atoms with E-state index in [0.29, 0.717) is 12.8 Å². The number of rotatable bonds is 13. The summed E-state index contributed by atoms with van der Waals surface area (Å²) in [6.07, 6.45) is 8.50. The number of benzene rings is 6. The molecule has 2 aromatic heterocycles. The van der Waals surface area contributed by atoms with Gasteiger partial charge in [-0.3, -0.25) is 10.0 Å². The van der Waals surface area contributed by atoms with E-state index in [1.165, 1.54) is 62.9 Å². The quantitative estimate of drug-likeness (QED) is 0.0648. The second kappa shape index (κ2) is 19.1. The van der Waals surface area contributed by atoms with Gasteiger partial charge in [-0.2, -0.15) is 10.2 Å². The zero-order valence-corrected chi connectivity index (χ0v) is 38.7. The first-order chi connectivity index (χ1) is 31.6. The van der Waals surface area contributed by atoms with Gasteiger partial charge in [0.1, 0.15) is 0 Å². The predicted octanol–water partition coefficient (Wildman–Crippen LogP) is 10.9. The van der Waals surface area contributed by atoms with E-state index in [9.17, 15) is 16.8 Å². The second-order valence-corrected chi connectivity index (χ2v) is 21.6. The highest BCUT2D eigenvalue weighted by Gasteiger charge is 2.34.